The summed E-state index contributed by atoms with van der Waals surface area (Å²) in [6.07, 6.45) is 4.67. The Morgan fingerprint density at radius 3 is 2.51 bits per heavy atom. The number of benzene rings is 2. The van der Waals surface area contributed by atoms with Crippen molar-refractivity contribution in [2.75, 3.05) is 11.9 Å². The maximum absolute atomic E-state index is 15.2. The van der Waals surface area contributed by atoms with Crippen LogP contribution >= 0.6 is 23.2 Å². The molecule has 2 aromatic carbocycles. The molecule has 1 saturated heterocycles. The van der Waals surface area contributed by atoms with Gasteiger partial charge < -0.3 is 14.8 Å². The first kappa shape index (κ1) is 28.4. The monoisotopic (exact) mass is 591 g/mol. The number of rotatable bonds is 8. The van der Waals surface area contributed by atoms with Crippen LogP contribution in [0.5, 0.6) is 11.5 Å². The van der Waals surface area contributed by atoms with Crippen molar-refractivity contribution in [2.24, 2.45) is 5.92 Å². The number of nitriles is 2. The summed E-state index contributed by atoms with van der Waals surface area (Å²) in [5, 5.41) is 22.5. The second kappa shape index (κ2) is 12.6. The van der Waals surface area contributed by atoms with Crippen LogP contribution in [0.4, 0.5) is 20.2 Å². The van der Waals surface area contributed by atoms with E-state index in [1.165, 1.54) is 24.4 Å². The maximum Gasteiger partial charge on any atom is 0.267 e. The van der Waals surface area contributed by atoms with Gasteiger partial charge >= 0.3 is 0 Å². The highest BCUT2D eigenvalue weighted by Gasteiger charge is 2.25. The Bertz CT molecular complexity index is 1690. The fourth-order valence-electron chi connectivity index (χ4n) is 4.74. The molecule has 1 aliphatic heterocycles. The molecule has 12 heteroatoms. The van der Waals surface area contributed by atoms with Gasteiger partial charge in [0, 0.05) is 35.8 Å². The summed E-state index contributed by atoms with van der Waals surface area (Å²) >= 11 is 12.3. The summed E-state index contributed by atoms with van der Waals surface area (Å²) in [5.74, 6) is 1.16. The number of nitrogens with one attached hydrogen (secondary N) is 1. The molecule has 1 aliphatic rings. The highest BCUT2D eigenvalue weighted by atomic mass is 35.5. The number of hydrogen-bond donors (Lipinski definition) is 1. The normalized spacial score (nSPS) is 13.5. The van der Waals surface area contributed by atoms with Crippen molar-refractivity contribution in [1.82, 2.24) is 9.97 Å². The molecule has 41 heavy (non-hydrogen) atoms. The standard InChI is InChI=1S/C29H22BCl2F2N5O2/c31-21-9-26(41-15-19-2-1-3-28(32)38-19)23(34)10-25(21)39-29-18(12-35)13-37-24-11-27(22(33)8-20(24)29)40-14-17-4-6-30(16-36)7-5-17/h1-3,8-11,13,17H,4-7,14-15H2,(H,37,39). The zero-order valence-electron chi connectivity index (χ0n) is 21.6. The average Bonchev–Trinajstić information content (AvgIpc) is 2.97. The summed E-state index contributed by atoms with van der Waals surface area (Å²) in [7, 11) is 0. The van der Waals surface area contributed by atoms with Gasteiger partial charge in [0.1, 0.15) is 17.8 Å². The molecule has 0 atom stereocenters. The lowest BCUT2D eigenvalue weighted by Crippen LogP contribution is -2.24. The van der Waals surface area contributed by atoms with E-state index < -0.39 is 11.6 Å². The molecule has 4 aromatic rings. The van der Waals surface area contributed by atoms with Gasteiger partial charge in [0.2, 0.25) is 0 Å². The van der Waals surface area contributed by atoms with Crippen molar-refractivity contribution in [1.29, 1.82) is 10.5 Å². The second-order valence-corrected chi connectivity index (χ2v) is 10.5. The van der Waals surface area contributed by atoms with E-state index in [-0.39, 0.29) is 57.9 Å². The van der Waals surface area contributed by atoms with E-state index in [0.29, 0.717) is 23.2 Å². The Morgan fingerprint density at radius 1 is 1.02 bits per heavy atom. The molecule has 5 rings (SSSR count). The zero-order chi connectivity index (χ0) is 28.9. The first-order valence-electron chi connectivity index (χ1n) is 12.9. The van der Waals surface area contributed by atoms with Gasteiger partial charge in [0.05, 0.1) is 39.8 Å². The minimum Gasteiger partial charge on any atom is -0.490 e. The number of aromatic nitrogens is 2. The molecule has 3 heterocycles. The number of anilines is 2. The fraction of sp³-hybridized carbons (Fsp3) is 0.241. The van der Waals surface area contributed by atoms with Crippen LogP contribution in [0.25, 0.3) is 10.9 Å². The number of halogens is 4. The Kier molecular flexibility index (Phi) is 8.73. The van der Waals surface area contributed by atoms with Crippen molar-refractivity contribution in [2.45, 2.75) is 32.1 Å². The second-order valence-electron chi connectivity index (χ2n) is 9.74. The number of nitrogens with zero attached hydrogens (tertiary/aromatic N) is 4. The first-order chi connectivity index (χ1) is 19.8. The predicted molar refractivity (Wildman–Crippen MR) is 154 cm³/mol. The SMILES string of the molecule is N#CB1CCC(COc2cc3ncc(C#N)c(Nc4cc(F)c(OCc5cccc(Cl)n5)cc4Cl)c3cc2F)CC1. The number of ether oxygens (including phenoxy) is 2. The summed E-state index contributed by atoms with van der Waals surface area (Å²) in [5.41, 5.74) is 1.37. The summed E-state index contributed by atoms with van der Waals surface area (Å²) in [6, 6.07) is 12.2. The van der Waals surface area contributed by atoms with E-state index in [1.807, 2.05) is 6.07 Å². The smallest absolute Gasteiger partial charge is 0.267 e. The number of hydrogen-bond acceptors (Lipinski definition) is 7. The van der Waals surface area contributed by atoms with Crippen LogP contribution in [-0.4, -0.2) is 23.3 Å². The van der Waals surface area contributed by atoms with Gasteiger partial charge in [-0.05, 0) is 24.1 Å². The van der Waals surface area contributed by atoms with Gasteiger partial charge in [-0.15, -0.1) is 0 Å². The molecule has 1 fully saturated rings. The first-order valence-corrected chi connectivity index (χ1v) is 13.6. The predicted octanol–water partition coefficient (Wildman–Crippen LogP) is 7.76. The minimum atomic E-state index is -0.707. The molecule has 0 spiro atoms. The maximum atomic E-state index is 15.2. The van der Waals surface area contributed by atoms with Crippen LogP contribution in [-0.2, 0) is 6.61 Å². The average molecular weight is 592 g/mol. The quantitative estimate of drug-likeness (QED) is 0.165. The molecular weight excluding hydrogens is 570 g/mol. The highest BCUT2D eigenvalue weighted by molar-refractivity contribution is 6.67. The van der Waals surface area contributed by atoms with E-state index in [9.17, 15) is 9.65 Å². The van der Waals surface area contributed by atoms with Crippen molar-refractivity contribution in [3.8, 4) is 23.5 Å². The van der Waals surface area contributed by atoms with Crippen LogP contribution in [0, 0.1) is 40.1 Å². The molecule has 0 bridgehead atoms. The largest absolute Gasteiger partial charge is 0.490 e. The van der Waals surface area contributed by atoms with Crippen molar-refractivity contribution < 1.29 is 18.3 Å². The van der Waals surface area contributed by atoms with Crippen molar-refractivity contribution >= 4 is 52.2 Å². The Labute approximate surface area is 245 Å². The van der Waals surface area contributed by atoms with Gasteiger partial charge in [-0.2, -0.15) is 5.26 Å². The van der Waals surface area contributed by atoms with Crippen molar-refractivity contribution in [3.63, 3.8) is 0 Å². The molecular formula is C29H22BCl2F2N5O2. The van der Waals surface area contributed by atoms with Crippen LogP contribution < -0.4 is 14.8 Å². The molecule has 0 amide bonds. The number of fused-ring (bicyclic) bond motifs is 1. The van der Waals surface area contributed by atoms with E-state index in [1.54, 1.807) is 18.2 Å². The third-order valence-electron chi connectivity index (χ3n) is 6.98. The molecule has 7 nitrogen and oxygen atoms in total. The molecule has 2 aromatic heterocycles. The zero-order valence-corrected chi connectivity index (χ0v) is 23.1. The third-order valence-corrected chi connectivity index (χ3v) is 7.50. The van der Waals surface area contributed by atoms with Gasteiger partial charge in [-0.3, -0.25) is 4.98 Å². The molecule has 0 unspecified atom stereocenters. The van der Waals surface area contributed by atoms with E-state index in [0.717, 1.165) is 31.5 Å². The molecule has 206 valence electrons. The third kappa shape index (κ3) is 6.62. The van der Waals surface area contributed by atoms with Gasteiger partial charge in [0.15, 0.2) is 23.1 Å². The topological polar surface area (TPSA) is 104 Å². The lowest BCUT2D eigenvalue weighted by atomic mass is 9.42. The van der Waals surface area contributed by atoms with Crippen LogP contribution in [0.1, 0.15) is 24.1 Å². The lowest BCUT2D eigenvalue weighted by Gasteiger charge is -2.23. The van der Waals surface area contributed by atoms with Gasteiger partial charge in [-0.25, -0.2) is 19.0 Å². The molecule has 0 aliphatic carbocycles. The molecule has 0 saturated carbocycles. The van der Waals surface area contributed by atoms with Crippen LogP contribution in [0.2, 0.25) is 22.8 Å². The van der Waals surface area contributed by atoms with Crippen LogP contribution in [0.15, 0.2) is 48.7 Å². The van der Waals surface area contributed by atoms with E-state index in [2.05, 4.69) is 21.3 Å². The minimum absolute atomic E-state index is 0.0288. The summed E-state index contributed by atoms with van der Waals surface area (Å²) < 4.78 is 41.5. The lowest BCUT2D eigenvalue weighted by molar-refractivity contribution is 0.228. The van der Waals surface area contributed by atoms with Gasteiger partial charge in [-0.1, -0.05) is 54.8 Å². The molecule has 1 N–H and O–H groups in total. The Morgan fingerprint density at radius 2 is 1.78 bits per heavy atom. The summed E-state index contributed by atoms with van der Waals surface area (Å²) in [6.45, 7) is 0.377. The fourth-order valence-corrected chi connectivity index (χ4v) is 5.12. The van der Waals surface area contributed by atoms with Gasteiger partial charge in [0.25, 0.3) is 6.71 Å². The van der Waals surface area contributed by atoms with Crippen molar-refractivity contribution in [3.05, 3.63) is 81.7 Å². The van der Waals surface area contributed by atoms with E-state index in [4.69, 9.17) is 37.9 Å². The Balaban J connectivity index is 1.36. The highest BCUT2D eigenvalue weighted by Crippen LogP contribution is 2.37. The summed E-state index contributed by atoms with van der Waals surface area (Å²) in [4.78, 5) is 8.40. The number of pyridine rings is 2. The van der Waals surface area contributed by atoms with Crippen LogP contribution in [0.3, 0.4) is 0 Å². The molecule has 0 radical (unpaired) electrons. The van der Waals surface area contributed by atoms with E-state index >= 15 is 4.39 Å². The Hall–Kier alpha value is -4.12.